The van der Waals surface area contributed by atoms with Gasteiger partial charge in [0.25, 0.3) is 0 Å². The SMILES string of the molecule is O=CC(O)C(CC1(F)CCC1)NCl. The first-order valence-corrected chi connectivity index (χ1v) is 4.67. The number of aliphatic hydroxyl groups excluding tert-OH is 1. The van der Waals surface area contributed by atoms with E-state index < -0.39 is 17.8 Å². The van der Waals surface area contributed by atoms with Crippen molar-refractivity contribution in [3.05, 3.63) is 0 Å². The highest BCUT2D eigenvalue weighted by atomic mass is 35.5. The maximum Gasteiger partial charge on any atom is 0.150 e. The Bertz CT molecular complexity index is 187. The van der Waals surface area contributed by atoms with E-state index in [1.54, 1.807) is 0 Å². The summed E-state index contributed by atoms with van der Waals surface area (Å²) in [5, 5.41) is 9.12. The van der Waals surface area contributed by atoms with Crippen LogP contribution in [0, 0.1) is 0 Å². The van der Waals surface area contributed by atoms with E-state index in [0.717, 1.165) is 6.42 Å². The Morgan fingerprint density at radius 2 is 2.31 bits per heavy atom. The molecule has 0 heterocycles. The smallest absolute Gasteiger partial charge is 0.150 e. The van der Waals surface area contributed by atoms with Crippen molar-refractivity contribution in [2.45, 2.75) is 43.5 Å². The molecule has 2 N–H and O–H groups in total. The van der Waals surface area contributed by atoms with Crippen molar-refractivity contribution in [3.63, 3.8) is 0 Å². The number of carbonyl (C=O) groups is 1. The van der Waals surface area contributed by atoms with Crippen molar-refractivity contribution in [2.24, 2.45) is 0 Å². The number of hydrogen-bond acceptors (Lipinski definition) is 3. The van der Waals surface area contributed by atoms with E-state index in [1.807, 2.05) is 0 Å². The number of rotatable bonds is 5. The molecule has 2 unspecified atom stereocenters. The van der Waals surface area contributed by atoms with Gasteiger partial charge in [-0.2, -0.15) is 0 Å². The van der Waals surface area contributed by atoms with Crippen molar-refractivity contribution < 1.29 is 14.3 Å². The van der Waals surface area contributed by atoms with Crippen LogP contribution in [0.5, 0.6) is 0 Å². The Kier molecular flexibility index (Phi) is 3.64. The van der Waals surface area contributed by atoms with Gasteiger partial charge in [-0.05, 0) is 31.0 Å². The molecule has 13 heavy (non-hydrogen) atoms. The second kappa shape index (κ2) is 4.35. The molecular formula is C8H13ClFNO2. The van der Waals surface area contributed by atoms with Crippen LogP contribution in [0.25, 0.3) is 0 Å². The van der Waals surface area contributed by atoms with Crippen LogP contribution in [0.1, 0.15) is 25.7 Å². The zero-order valence-corrected chi connectivity index (χ0v) is 7.93. The first-order valence-electron chi connectivity index (χ1n) is 4.30. The van der Waals surface area contributed by atoms with Crippen LogP contribution < -0.4 is 4.84 Å². The predicted octanol–water partition coefficient (Wildman–Crippen LogP) is 0.940. The second-order valence-electron chi connectivity index (χ2n) is 3.55. The molecule has 1 aliphatic rings. The number of halogens is 2. The van der Waals surface area contributed by atoms with Crippen LogP contribution in [-0.2, 0) is 4.79 Å². The topological polar surface area (TPSA) is 49.3 Å². The van der Waals surface area contributed by atoms with Crippen LogP contribution in [0.15, 0.2) is 0 Å². The Morgan fingerprint density at radius 3 is 2.62 bits per heavy atom. The average molecular weight is 210 g/mol. The van der Waals surface area contributed by atoms with E-state index in [2.05, 4.69) is 4.84 Å². The van der Waals surface area contributed by atoms with Gasteiger partial charge >= 0.3 is 0 Å². The third kappa shape index (κ3) is 2.62. The lowest BCUT2D eigenvalue weighted by Crippen LogP contribution is -2.45. The van der Waals surface area contributed by atoms with Gasteiger partial charge in [-0.15, -0.1) is 0 Å². The van der Waals surface area contributed by atoms with Crippen molar-refractivity contribution >= 4 is 18.1 Å². The standard InChI is InChI=1S/C8H13ClFNO2/c9-11-6(7(13)5-12)4-8(10)2-1-3-8/h5-7,11,13H,1-4H2. The largest absolute Gasteiger partial charge is 0.384 e. The summed E-state index contributed by atoms with van der Waals surface area (Å²) in [6, 6.07) is -0.690. The monoisotopic (exact) mass is 209 g/mol. The fourth-order valence-corrected chi connectivity index (χ4v) is 1.68. The fourth-order valence-electron chi connectivity index (χ4n) is 1.48. The van der Waals surface area contributed by atoms with Gasteiger partial charge in [0.05, 0.1) is 6.04 Å². The summed E-state index contributed by atoms with van der Waals surface area (Å²) in [4.78, 5) is 12.5. The molecule has 1 rings (SSSR count). The first kappa shape index (κ1) is 10.9. The summed E-state index contributed by atoms with van der Waals surface area (Å²) in [5.41, 5.74) is -1.24. The van der Waals surface area contributed by atoms with Gasteiger partial charge in [0.15, 0.2) is 0 Å². The number of alkyl halides is 1. The minimum Gasteiger partial charge on any atom is -0.384 e. The minimum atomic E-state index is -1.24. The highest BCUT2D eigenvalue weighted by Gasteiger charge is 2.40. The molecule has 3 nitrogen and oxygen atoms in total. The van der Waals surface area contributed by atoms with E-state index in [9.17, 15) is 9.18 Å². The summed E-state index contributed by atoms with van der Waals surface area (Å²) in [5.74, 6) is 0. The number of aliphatic hydroxyl groups is 1. The fraction of sp³-hybridized carbons (Fsp3) is 0.875. The summed E-state index contributed by atoms with van der Waals surface area (Å²) in [6.45, 7) is 0. The second-order valence-corrected chi connectivity index (χ2v) is 3.77. The van der Waals surface area contributed by atoms with Gasteiger partial charge in [0, 0.05) is 6.42 Å². The van der Waals surface area contributed by atoms with Gasteiger partial charge in [-0.25, -0.2) is 9.23 Å². The van der Waals surface area contributed by atoms with E-state index in [4.69, 9.17) is 16.9 Å². The maximum absolute atomic E-state index is 13.5. The molecule has 1 fully saturated rings. The molecule has 1 aliphatic carbocycles. The van der Waals surface area contributed by atoms with Crippen molar-refractivity contribution in [1.82, 2.24) is 4.84 Å². The lowest BCUT2D eigenvalue weighted by molar-refractivity contribution is -0.116. The highest BCUT2D eigenvalue weighted by molar-refractivity contribution is 6.13. The predicted molar refractivity (Wildman–Crippen MR) is 47.2 cm³/mol. The average Bonchev–Trinajstić information content (AvgIpc) is 2.10. The molecule has 0 aromatic carbocycles. The number of carbonyl (C=O) groups excluding carboxylic acids is 1. The molecule has 1 saturated carbocycles. The minimum absolute atomic E-state index is 0.0937. The first-order chi connectivity index (χ1) is 6.11. The zero-order valence-electron chi connectivity index (χ0n) is 7.17. The third-order valence-electron chi connectivity index (χ3n) is 2.53. The highest BCUT2D eigenvalue weighted by Crippen LogP contribution is 2.39. The molecule has 0 aromatic rings. The molecule has 0 radical (unpaired) electrons. The molecule has 2 atom stereocenters. The maximum atomic E-state index is 13.5. The Morgan fingerprint density at radius 1 is 1.69 bits per heavy atom. The Balaban J connectivity index is 2.43. The molecule has 0 saturated heterocycles. The summed E-state index contributed by atoms with van der Waals surface area (Å²) in [7, 11) is 0. The van der Waals surface area contributed by atoms with Crippen LogP contribution in [0.4, 0.5) is 4.39 Å². The summed E-state index contributed by atoms with van der Waals surface area (Å²) < 4.78 is 13.5. The van der Waals surface area contributed by atoms with Gasteiger partial charge in [-0.1, -0.05) is 0 Å². The van der Waals surface area contributed by atoms with Crippen molar-refractivity contribution in [1.29, 1.82) is 0 Å². The molecule has 0 aliphatic heterocycles. The lowest BCUT2D eigenvalue weighted by atomic mass is 9.77. The molecule has 0 bridgehead atoms. The molecule has 0 amide bonds. The molecular weight excluding hydrogens is 197 g/mol. The van der Waals surface area contributed by atoms with Crippen LogP contribution >= 0.6 is 11.8 Å². The van der Waals surface area contributed by atoms with Crippen LogP contribution in [-0.4, -0.2) is 29.2 Å². The number of aldehydes is 1. The number of nitrogens with one attached hydrogen (secondary N) is 1. The quantitative estimate of drug-likeness (QED) is 0.524. The molecule has 5 heteroatoms. The van der Waals surface area contributed by atoms with Crippen molar-refractivity contribution in [3.8, 4) is 0 Å². The van der Waals surface area contributed by atoms with E-state index in [1.165, 1.54) is 0 Å². The van der Waals surface area contributed by atoms with Crippen LogP contribution in [0.2, 0.25) is 0 Å². The summed E-state index contributed by atoms with van der Waals surface area (Å²) in [6.07, 6.45) is 1.08. The van der Waals surface area contributed by atoms with E-state index in [0.29, 0.717) is 19.1 Å². The lowest BCUT2D eigenvalue weighted by Gasteiger charge is -2.36. The van der Waals surface area contributed by atoms with Gasteiger partial charge < -0.3 is 9.90 Å². The van der Waals surface area contributed by atoms with Gasteiger partial charge in [0.1, 0.15) is 18.1 Å². The zero-order chi connectivity index (χ0) is 9.90. The summed E-state index contributed by atoms with van der Waals surface area (Å²) >= 11 is 5.29. The Labute approximate surface area is 81.4 Å². The number of hydrogen-bond donors (Lipinski definition) is 2. The van der Waals surface area contributed by atoms with Crippen molar-refractivity contribution in [2.75, 3.05) is 0 Å². The van der Waals surface area contributed by atoms with Crippen LogP contribution in [0.3, 0.4) is 0 Å². The van der Waals surface area contributed by atoms with E-state index >= 15 is 0 Å². The molecule has 0 aromatic heterocycles. The Hall–Kier alpha value is -0.190. The van der Waals surface area contributed by atoms with Gasteiger partial charge in [0.2, 0.25) is 0 Å². The van der Waals surface area contributed by atoms with Gasteiger partial charge in [-0.3, -0.25) is 0 Å². The third-order valence-corrected chi connectivity index (χ3v) is 2.81. The normalized spacial score (nSPS) is 24.5. The molecule has 0 spiro atoms. The molecule has 76 valence electrons. The van der Waals surface area contributed by atoms with E-state index in [-0.39, 0.29) is 6.42 Å².